The highest BCUT2D eigenvalue weighted by atomic mass is 16.5. The standard InChI is InChI=1S/C24H37N5O/c1-4-8-17(2)27-24-26-16-21-22(28-24)20(18-9-6-5-7-10-18)15-25-23(21)30-19-11-13-29(3)14-12-19/h15-19H,4-14H2,1-3H3,(H,26,27,28)/t17-/m0/s1. The van der Waals surface area contributed by atoms with Crippen LogP contribution in [0.1, 0.15) is 83.1 Å². The Morgan fingerprint density at radius 1 is 1.10 bits per heavy atom. The van der Waals surface area contributed by atoms with Gasteiger partial charge in [0.05, 0.1) is 10.9 Å². The Morgan fingerprint density at radius 2 is 1.87 bits per heavy atom. The summed E-state index contributed by atoms with van der Waals surface area (Å²) in [6.45, 7) is 6.55. The van der Waals surface area contributed by atoms with Crippen LogP contribution in [0, 0.1) is 0 Å². The predicted octanol–water partition coefficient (Wildman–Crippen LogP) is 5.15. The summed E-state index contributed by atoms with van der Waals surface area (Å²) in [6, 6.07) is 0.363. The van der Waals surface area contributed by atoms with Gasteiger partial charge in [-0.3, -0.25) is 0 Å². The minimum Gasteiger partial charge on any atom is -0.474 e. The molecule has 1 aliphatic heterocycles. The molecule has 0 unspecified atom stereocenters. The normalized spacial score (nSPS) is 20.4. The Bertz CT molecular complexity index is 828. The van der Waals surface area contributed by atoms with Crippen LogP contribution in [0.3, 0.4) is 0 Å². The first-order valence-corrected chi connectivity index (χ1v) is 11.9. The van der Waals surface area contributed by atoms with Crippen molar-refractivity contribution in [3.05, 3.63) is 18.0 Å². The van der Waals surface area contributed by atoms with E-state index in [1.165, 1.54) is 37.7 Å². The van der Waals surface area contributed by atoms with E-state index in [-0.39, 0.29) is 6.10 Å². The second-order valence-corrected chi connectivity index (χ2v) is 9.26. The molecule has 1 saturated carbocycles. The van der Waals surface area contributed by atoms with Crippen molar-refractivity contribution in [1.82, 2.24) is 19.9 Å². The summed E-state index contributed by atoms with van der Waals surface area (Å²) < 4.78 is 6.38. The van der Waals surface area contributed by atoms with E-state index >= 15 is 0 Å². The molecule has 0 amide bonds. The topological polar surface area (TPSA) is 63.2 Å². The van der Waals surface area contributed by atoms with Gasteiger partial charge >= 0.3 is 0 Å². The van der Waals surface area contributed by atoms with Crippen LogP contribution in [0.2, 0.25) is 0 Å². The molecule has 30 heavy (non-hydrogen) atoms. The van der Waals surface area contributed by atoms with E-state index in [0.29, 0.717) is 17.8 Å². The minimum atomic E-state index is 0.222. The third kappa shape index (κ3) is 5.02. The van der Waals surface area contributed by atoms with Crippen molar-refractivity contribution in [2.24, 2.45) is 0 Å². The molecule has 2 aromatic rings. The van der Waals surface area contributed by atoms with Gasteiger partial charge in [0.1, 0.15) is 6.10 Å². The lowest BCUT2D eigenvalue weighted by molar-refractivity contribution is 0.111. The van der Waals surface area contributed by atoms with Gasteiger partial charge in [0.2, 0.25) is 11.8 Å². The summed E-state index contributed by atoms with van der Waals surface area (Å²) in [5.74, 6) is 1.96. The van der Waals surface area contributed by atoms with Crippen molar-refractivity contribution in [3.63, 3.8) is 0 Å². The number of anilines is 1. The highest BCUT2D eigenvalue weighted by Crippen LogP contribution is 2.38. The quantitative estimate of drug-likeness (QED) is 0.680. The van der Waals surface area contributed by atoms with Crippen LogP contribution in [-0.4, -0.2) is 52.1 Å². The van der Waals surface area contributed by atoms with Gasteiger partial charge in [-0.05, 0) is 52.0 Å². The Morgan fingerprint density at radius 3 is 2.60 bits per heavy atom. The molecule has 1 atom stereocenters. The maximum atomic E-state index is 6.38. The molecular formula is C24H37N5O. The van der Waals surface area contributed by atoms with Gasteiger partial charge in [-0.1, -0.05) is 32.6 Å². The lowest BCUT2D eigenvalue weighted by Gasteiger charge is -2.29. The van der Waals surface area contributed by atoms with E-state index in [0.717, 1.165) is 55.6 Å². The molecule has 2 fully saturated rings. The Balaban J connectivity index is 1.65. The molecule has 0 spiro atoms. The number of nitrogens with zero attached hydrogens (tertiary/aromatic N) is 4. The summed E-state index contributed by atoms with van der Waals surface area (Å²) in [4.78, 5) is 16.8. The molecule has 1 aliphatic carbocycles. The number of rotatable bonds is 7. The summed E-state index contributed by atoms with van der Waals surface area (Å²) in [6.07, 6.45) is 14.9. The molecule has 0 aromatic carbocycles. The second-order valence-electron chi connectivity index (χ2n) is 9.26. The number of piperidine rings is 1. The molecule has 6 nitrogen and oxygen atoms in total. The first kappa shape index (κ1) is 21.3. The van der Waals surface area contributed by atoms with Crippen LogP contribution in [0.25, 0.3) is 10.9 Å². The zero-order valence-electron chi connectivity index (χ0n) is 18.9. The average Bonchev–Trinajstić information content (AvgIpc) is 2.76. The van der Waals surface area contributed by atoms with E-state index in [2.05, 4.69) is 36.1 Å². The third-order valence-electron chi connectivity index (χ3n) is 6.70. The number of pyridine rings is 1. The highest BCUT2D eigenvalue weighted by Gasteiger charge is 2.24. The van der Waals surface area contributed by atoms with E-state index in [4.69, 9.17) is 14.7 Å². The van der Waals surface area contributed by atoms with Crippen molar-refractivity contribution in [2.45, 2.75) is 89.7 Å². The number of nitrogens with one attached hydrogen (secondary N) is 1. The van der Waals surface area contributed by atoms with Gasteiger partial charge in [-0.2, -0.15) is 0 Å². The number of aromatic nitrogens is 3. The van der Waals surface area contributed by atoms with E-state index in [1.807, 2.05) is 12.4 Å². The SMILES string of the molecule is CCC[C@H](C)Nc1ncc2c(OC3CCN(C)CC3)ncc(C3CCCCC3)c2n1. The third-order valence-corrected chi connectivity index (χ3v) is 6.70. The lowest BCUT2D eigenvalue weighted by atomic mass is 9.84. The first-order valence-electron chi connectivity index (χ1n) is 11.9. The van der Waals surface area contributed by atoms with Crippen LogP contribution in [-0.2, 0) is 0 Å². The molecule has 1 N–H and O–H groups in total. The zero-order chi connectivity index (χ0) is 20.9. The Hall–Kier alpha value is -1.95. The van der Waals surface area contributed by atoms with Crippen molar-refractivity contribution >= 4 is 16.9 Å². The summed E-state index contributed by atoms with van der Waals surface area (Å²) in [5, 5.41) is 4.45. The lowest BCUT2D eigenvalue weighted by Crippen LogP contribution is -2.35. The predicted molar refractivity (Wildman–Crippen MR) is 122 cm³/mol. The van der Waals surface area contributed by atoms with Crippen LogP contribution in [0.5, 0.6) is 5.88 Å². The van der Waals surface area contributed by atoms with Crippen LogP contribution >= 0.6 is 0 Å². The van der Waals surface area contributed by atoms with Gasteiger partial charge in [0, 0.05) is 37.1 Å². The van der Waals surface area contributed by atoms with Crippen LogP contribution in [0.15, 0.2) is 12.4 Å². The number of likely N-dealkylation sites (tertiary alicyclic amines) is 1. The average molecular weight is 412 g/mol. The van der Waals surface area contributed by atoms with Gasteiger partial charge < -0.3 is 15.0 Å². The molecule has 164 valence electrons. The van der Waals surface area contributed by atoms with Gasteiger partial charge in [0.15, 0.2) is 0 Å². The molecule has 0 radical (unpaired) electrons. The smallest absolute Gasteiger partial charge is 0.224 e. The molecular weight excluding hydrogens is 374 g/mol. The fourth-order valence-electron chi connectivity index (χ4n) is 4.88. The largest absolute Gasteiger partial charge is 0.474 e. The van der Waals surface area contributed by atoms with Gasteiger partial charge in [0.25, 0.3) is 0 Å². The van der Waals surface area contributed by atoms with E-state index < -0.39 is 0 Å². The second kappa shape index (κ2) is 9.90. The highest BCUT2D eigenvalue weighted by molar-refractivity contribution is 5.86. The fourth-order valence-corrected chi connectivity index (χ4v) is 4.88. The van der Waals surface area contributed by atoms with Crippen molar-refractivity contribution in [1.29, 1.82) is 0 Å². The first-order chi connectivity index (χ1) is 14.6. The van der Waals surface area contributed by atoms with Crippen molar-refractivity contribution in [2.75, 3.05) is 25.5 Å². The number of hydrogen-bond donors (Lipinski definition) is 1. The molecule has 2 aromatic heterocycles. The van der Waals surface area contributed by atoms with E-state index in [9.17, 15) is 0 Å². The minimum absolute atomic E-state index is 0.222. The number of ether oxygens (including phenoxy) is 1. The Kier molecular flexibility index (Phi) is 7.03. The molecule has 6 heteroatoms. The van der Waals surface area contributed by atoms with Gasteiger partial charge in [-0.15, -0.1) is 0 Å². The number of fused-ring (bicyclic) bond motifs is 1. The van der Waals surface area contributed by atoms with Gasteiger partial charge in [-0.25, -0.2) is 15.0 Å². The monoisotopic (exact) mass is 411 g/mol. The summed E-state index contributed by atoms with van der Waals surface area (Å²) in [7, 11) is 2.17. The summed E-state index contributed by atoms with van der Waals surface area (Å²) >= 11 is 0. The molecule has 4 rings (SSSR count). The van der Waals surface area contributed by atoms with Crippen LogP contribution in [0.4, 0.5) is 5.95 Å². The zero-order valence-corrected chi connectivity index (χ0v) is 18.9. The molecule has 1 saturated heterocycles. The maximum Gasteiger partial charge on any atom is 0.224 e. The molecule has 2 aliphatic rings. The van der Waals surface area contributed by atoms with Crippen molar-refractivity contribution < 1.29 is 4.74 Å². The maximum absolute atomic E-state index is 6.38. The summed E-state index contributed by atoms with van der Waals surface area (Å²) in [5.41, 5.74) is 2.30. The molecule has 3 heterocycles. The molecule has 0 bridgehead atoms. The van der Waals surface area contributed by atoms with Crippen molar-refractivity contribution in [3.8, 4) is 5.88 Å². The number of hydrogen-bond acceptors (Lipinski definition) is 6. The Labute approximate surface area is 180 Å². The fraction of sp³-hybridized carbons (Fsp3) is 0.708. The van der Waals surface area contributed by atoms with E-state index in [1.54, 1.807) is 0 Å². The van der Waals surface area contributed by atoms with Crippen LogP contribution < -0.4 is 10.1 Å².